The molecule has 2 aromatic carbocycles. The molecule has 0 bridgehead atoms. The summed E-state index contributed by atoms with van der Waals surface area (Å²) in [5.41, 5.74) is 0.330. The van der Waals surface area contributed by atoms with Crippen molar-refractivity contribution in [3.8, 4) is 0 Å². The van der Waals surface area contributed by atoms with Gasteiger partial charge in [-0.05, 0) is 36.4 Å². The lowest BCUT2D eigenvalue weighted by molar-refractivity contribution is -0.123. The minimum Gasteiger partial charge on any atom is -0.324 e. The molecule has 0 saturated carbocycles. The molecule has 3 amide bonds. The average molecular weight is 385 g/mol. The number of nitrogens with zero attached hydrogens (tertiary/aromatic N) is 4. The molecule has 8 nitrogen and oxygen atoms in total. The molecule has 1 saturated heterocycles. The summed E-state index contributed by atoms with van der Waals surface area (Å²) in [5.74, 6) is -2.96. The summed E-state index contributed by atoms with van der Waals surface area (Å²) in [6, 6.07) is 8.20. The van der Waals surface area contributed by atoms with Gasteiger partial charge in [-0.25, -0.2) is 13.7 Å². The highest BCUT2D eigenvalue weighted by molar-refractivity contribution is 6.25. The Morgan fingerprint density at radius 2 is 1.75 bits per heavy atom. The number of carbonyl (C=O) groups excluding carboxylic acids is 3. The van der Waals surface area contributed by atoms with Gasteiger partial charge in [-0.15, -0.1) is 0 Å². The molecule has 0 radical (unpaired) electrons. The predicted octanol–water partition coefficient (Wildman–Crippen LogP) is 1.90. The predicted molar refractivity (Wildman–Crippen MR) is 93.1 cm³/mol. The van der Waals surface area contributed by atoms with Gasteiger partial charge in [0.25, 0.3) is 11.8 Å². The number of hydrogen-bond acceptors (Lipinski definition) is 6. The molecule has 28 heavy (non-hydrogen) atoms. The Morgan fingerprint density at radius 1 is 1.04 bits per heavy atom. The van der Waals surface area contributed by atoms with E-state index < -0.39 is 41.4 Å². The van der Waals surface area contributed by atoms with Gasteiger partial charge in [0, 0.05) is 5.69 Å². The van der Waals surface area contributed by atoms with Crippen LogP contribution in [-0.2, 0) is 14.4 Å². The number of halogens is 2. The van der Waals surface area contributed by atoms with E-state index >= 15 is 0 Å². The molecule has 142 valence electrons. The van der Waals surface area contributed by atoms with Crippen LogP contribution in [0.3, 0.4) is 0 Å². The molecule has 1 fully saturated rings. The third-order valence-electron chi connectivity index (χ3n) is 4.34. The van der Waals surface area contributed by atoms with Crippen molar-refractivity contribution in [3.63, 3.8) is 0 Å². The first-order valence-electron chi connectivity index (χ1n) is 8.30. The van der Waals surface area contributed by atoms with Crippen LogP contribution in [0.1, 0.15) is 0 Å². The van der Waals surface area contributed by atoms with Gasteiger partial charge >= 0.3 is 0 Å². The maximum absolute atomic E-state index is 13.5. The van der Waals surface area contributed by atoms with Crippen molar-refractivity contribution in [1.82, 2.24) is 5.01 Å². The lowest BCUT2D eigenvalue weighted by atomic mass is 10.1. The lowest BCUT2D eigenvalue weighted by Crippen LogP contribution is -2.43. The summed E-state index contributed by atoms with van der Waals surface area (Å²) in [5, 5.41) is 11.1. The van der Waals surface area contributed by atoms with Crippen LogP contribution in [0.5, 0.6) is 0 Å². The number of fused-ring (bicyclic) bond motifs is 1. The summed E-state index contributed by atoms with van der Waals surface area (Å²) in [6.07, 6.45) is 0. The first-order chi connectivity index (χ1) is 13.4. The van der Waals surface area contributed by atoms with Crippen LogP contribution in [0.4, 0.5) is 20.2 Å². The molecule has 2 aromatic rings. The highest BCUT2D eigenvalue weighted by atomic mass is 19.1. The zero-order valence-electron chi connectivity index (χ0n) is 14.3. The summed E-state index contributed by atoms with van der Waals surface area (Å²) in [4.78, 5) is 38.3. The van der Waals surface area contributed by atoms with Crippen LogP contribution in [0.15, 0.2) is 58.9 Å². The fraction of sp³-hybridized carbons (Fsp3) is 0.167. The summed E-state index contributed by atoms with van der Waals surface area (Å²) < 4.78 is 26.7. The molecule has 2 atom stereocenters. The maximum Gasteiger partial charge on any atom is 0.263 e. The van der Waals surface area contributed by atoms with Crippen LogP contribution >= 0.6 is 0 Å². The van der Waals surface area contributed by atoms with Crippen molar-refractivity contribution < 1.29 is 23.2 Å². The molecule has 2 aliphatic heterocycles. The van der Waals surface area contributed by atoms with Crippen molar-refractivity contribution in [1.29, 1.82) is 0 Å². The van der Waals surface area contributed by atoms with Gasteiger partial charge in [-0.3, -0.25) is 19.4 Å². The number of nitrogens with one attached hydrogen (secondary N) is 1. The summed E-state index contributed by atoms with van der Waals surface area (Å²) >= 11 is 0. The number of benzene rings is 2. The van der Waals surface area contributed by atoms with E-state index in [1.54, 1.807) is 0 Å². The van der Waals surface area contributed by atoms with Crippen molar-refractivity contribution in [2.45, 2.75) is 12.1 Å². The Balaban J connectivity index is 1.49. The van der Waals surface area contributed by atoms with Crippen LogP contribution in [0.25, 0.3) is 0 Å². The highest BCUT2D eigenvalue weighted by Gasteiger charge is 2.55. The van der Waals surface area contributed by atoms with Gasteiger partial charge in [-0.1, -0.05) is 17.4 Å². The van der Waals surface area contributed by atoms with Crippen molar-refractivity contribution in [2.24, 2.45) is 10.3 Å². The zero-order chi connectivity index (χ0) is 19.8. The first-order valence-corrected chi connectivity index (χ1v) is 8.30. The summed E-state index contributed by atoms with van der Waals surface area (Å²) in [6.45, 7) is -0.364. The second-order valence-corrected chi connectivity index (χ2v) is 6.24. The van der Waals surface area contributed by atoms with Gasteiger partial charge in [-0.2, -0.15) is 5.11 Å². The second kappa shape index (κ2) is 6.80. The maximum atomic E-state index is 13.5. The van der Waals surface area contributed by atoms with Crippen LogP contribution < -0.4 is 10.2 Å². The van der Waals surface area contributed by atoms with Crippen LogP contribution in [0.2, 0.25) is 0 Å². The SMILES string of the molecule is O=C(CN1N=N[C@H]2C(=O)N(c3cccc(F)c3)C(=O)[C@@H]21)Nc1cccc(F)c1. The van der Waals surface area contributed by atoms with E-state index in [-0.39, 0.29) is 17.9 Å². The first kappa shape index (κ1) is 17.7. The molecular weight excluding hydrogens is 372 g/mol. The number of anilines is 2. The smallest absolute Gasteiger partial charge is 0.263 e. The zero-order valence-corrected chi connectivity index (χ0v) is 14.3. The van der Waals surface area contributed by atoms with E-state index in [0.717, 1.165) is 22.0 Å². The van der Waals surface area contributed by atoms with Gasteiger partial charge in [0.05, 0.1) is 5.69 Å². The van der Waals surface area contributed by atoms with Crippen molar-refractivity contribution >= 4 is 29.1 Å². The average Bonchev–Trinajstić information content (AvgIpc) is 3.15. The van der Waals surface area contributed by atoms with Gasteiger partial charge in [0.15, 0.2) is 12.1 Å². The minimum absolute atomic E-state index is 0.0868. The quantitative estimate of drug-likeness (QED) is 0.814. The molecule has 0 aromatic heterocycles. The third-order valence-corrected chi connectivity index (χ3v) is 4.34. The molecular formula is C18H13F2N5O3. The number of amides is 3. The molecule has 0 spiro atoms. The van der Waals surface area contributed by atoms with E-state index in [1.807, 2.05) is 0 Å². The van der Waals surface area contributed by atoms with Gasteiger partial charge < -0.3 is 5.32 Å². The second-order valence-electron chi connectivity index (χ2n) is 6.24. The highest BCUT2D eigenvalue weighted by Crippen LogP contribution is 2.31. The number of imide groups is 1. The van der Waals surface area contributed by atoms with Crippen LogP contribution in [0, 0.1) is 11.6 Å². The Hall–Kier alpha value is -3.69. The fourth-order valence-electron chi connectivity index (χ4n) is 3.14. The van der Waals surface area contributed by atoms with Crippen molar-refractivity contribution in [2.75, 3.05) is 16.8 Å². The molecule has 0 aliphatic carbocycles. The monoisotopic (exact) mass is 385 g/mol. The normalized spacial score (nSPS) is 20.6. The molecule has 2 heterocycles. The minimum atomic E-state index is -1.10. The third kappa shape index (κ3) is 3.08. The standard InChI is InChI=1S/C18H13F2N5O3/c19-10-3-1-5-12(7-10)21-14(26)9-24-16-15(22-23-24)17(27)25(18(16)28)13-6-2-4-11(20)8-13/h1-8,15-16H,9H2,(H,21,26)/t15-,16-/m1/s1. The number of hydrogen-bond donors (Lipinski definition) is 1. The molecule has 10 heteroatoms. The lowest BCUT2D eigenvalue weighted by Gasteiger charge is -2.20. The molecule has 1 N–H and O–H groups in total. The van der Waals surface area contributed by atoms with Gasteiger partial charge in [0.1, 0.15) is 18.2 Å². The number of rotatable bonds is 4. The van der Waals surface area contributed by atoms with Gasteiger partial charge in [0.2, 0.25) is 5.91 Å². The van der Waals surface area contributed by atoms with Crippen molar-refractivity contribution in [3.05, 3.63) is 60.2 Å². The van der Waals surface area contributed by atoms with E-state index in [4.69, 9.17) is 0 Å². The topological polar surface area (TPSA) is 94.4 Å². The van der Waals surface area contributed by atoms with Crippen LogP contribution in [-0.4, -0.2) is 41.4 Å². The summed E-state index contributed by atoms with van der Waals surface area (Å²) in [7, 11) is 0. The molecule has 4 rings (SSSR count). The Labute approximate surface area is 157 Å². The van der Waals surface area contributed by atoms with E-state index in [1.165, 1.54) is 36.4 Å². The Morgan fingerprint density at radius 3 is 2.46 bits per heavy atom. The van der Waals surface area contributed by atoms with E-state index in [2.05, 4.69) is 15.7 Å². The molecule has 2 aliphatic rings. The molecule has 0 unspecified atom stereocenters. The number of carbonyl (C=O) groups is 3. The van der Waals surface area contributed by atoms with E-state index in [0.29, 0.717) is 0 Å². The Bertz CT molecular complexity index is 1010. The van der Waals surface area contributed by atoms with E-state index in [9.17, 15) is 23.2 Å². The largest absolute Gasteiger partial charge is 0.324 e. The fourth-order valence-corrected chi connectivity index (χ4v) is 3.14. The Kier molecular flexibility index (Phi) is 4.30.